The van der Waals surface area contributed by atoms with E-state index in [2.05, 4.69) is 19.2 Å². The number of fused-ring (bicyclic) bond motifs is 1. The van der Waals surface area contributed by atoms with E-state index in [9.17, 15) is 4.39 Å². The van der Waals surface area contributed by atoms with Gasteiger partial charge in [-0.05, 0) is 38.5 Å². The van der Waals surface area contributed by atoms with Gasteiger partial charge in [-0.25, -0.2) is 14.4 Å². The Morgan fingerprint density at radius 3 is 2.57 bits per heavy atom. The minimum atomic E-state index is -0.335. The van der Waals surface area contributed by atoms with Gasteiger partial charge in [0.1, 0.15) is 11.6 Å². The van der Waals surface area contributed by atoms with Crippen LogP contribution in [0.15, 0.2) is 24.3 Å². The maximum absolute atomic E-state index is 13.1. The molecule has 3 nitrogen and oxygen atoms in total. The Labute approximate surface area is 124 Å². The summed E-state index contributed by atoms with van der Waals surface area (Å²) >= 11 is 0. The third-order valence-corrected chi connectivity index (χ3v) is 4.26. The molecule has 0 atom stereocenters. The highest BCUT2D eigenvalue weighted by molar-refractivity contribution is 5.35. The number of hydrogen-bond donors (Lipinski definition) is 1. The lowest BCUT2D eigenvalue weighted by molar-refractivity contribution is 0.555. The van der Waals surface area contributed by atoms with Gasteiger partial charge in [0.25, 0.3) is 0 Å². The molecule has 1 aliphatic rings. The van der Waals surface area contributed by atoms with E-state index in [1.807, 2.05) is 19.1 Å². The molecule has 0 unspecified atom stereocenters. The summed E-state index contributed by atoms with van der Waals surface area (Å²) in [5.74, 6) is 0.593. The Morgan fingerprint density at radius 2 is 1.86 bits per heavy atom. The molecule has 4 heteroatoms. The van der Waals surface area contributed by atoms with Crippen LogP contribution >= 0.6 is 0 Å². The SMILES string of the molecule is Cc1nc(C(C)(C)c2ccc(F)cc2)nc2c1CNCC2. The zero-order chi connectivity index (χ0) is 15.0. The van der Waals surface area contributed by atoms with Crippen molar-refractivity contribution in [3.8, 4) is 0 Å². The molecule has 0 spiro atoms. The summed E-state index contributed by atoms with van der Waals surface area (Å²) in [6, 6.07) is 6.61. The lowest BCUT2D eigenvalue weighted by atomic mass is 9.83. The van der Waals surface area contributed by atoms with E-state index in [4.69, 9.17) is 9.97 Å². The lowest BCUT2D eigenvalue weighted by Gasteiger charge is -2.27. The van der Waals surface area contributed by atoms with Gasteiger partial charge in [0.2, 0.25) is 0 Å². The van der Waals surface area contributed by atoms with Gasteiger partial charge in [0.15, 0.2) is 0 Å². The molecule has 1 aromatic heterocycles. The predicted molar refractivity (Wildman–Crippen MR) is 80.7 cm³/mol. The van der Waals surface area contributed by atoms with Crippen LogP contribution in [0.25, 0.3) is 0 Å². The van der Waals surface area contributed by atoms with E-state index >= 15 is 0 Å². The summed E-state index contributed by atoms with van der Waals surface area (Å²) in [6.07, 6.45) is 0.936. The van der Waals surface area contributed by atoms with Crippen molar-refractivity contribution in [1.82, 2.24) is 15.3 Å². The van der Waals surface area contributed by atoms with Gasteiger partial charge < -0.3 is 5.32 Å². The zero-order valence-corrected chi connectivity index (χ0v) is 12.7. The van der Waals surface area contributed by atoms with Crippen molar-refractivity contribution in [3.05, 3.63) is 58.4 Å². The molecule has 0 amide bonds. The monoisotopic (exact) mass is 285 g/mol. The fraction of sp³-hybridized carbons (Fsp3) is 0.412. The largest absolute Gasteiger partial charge is 0.312 e. The van der Waals surface area contributed by atoms with Crippen molar-refractivity contribution in [2.45, 2.75) is 39.2 Å². The minimum absolute atomic E-state index is 0.219. The molecule has 0 bridgehead atoms. The Bertz CT molecular complexity index is 662. The molecule has 0 saturated heterocycles. The smallest absolute Gasteiger partial charge is 0.138 e. The molecule has 1 aliphatic heterocycles. The van der Waals surface area contributed by atoms with Crippen molar-refractivity contribution in [1.29, 1.82) is 0 Å². The van der Waals surface area contributed by atoms with E-state index in [1.54, 1.807) is 0 Å². The molecule has 3 rings (SSSR count). The average Bonchev–Trinajstić information content (AvgIpc) is 2.47. The second-order valence-corrected chi connectivity index (χ2v) is 6.12. The number of nitrogens with one attached hydrogen (secondary N) is 1. The molecule has 110 valence electrons. The normalized spacial score (nSPS) is 14.9. The van der Waals surface area contributed by atoms with Crippen LogP contribution in [0.4, 0.5) is 4.39 Å². The first kappa shape index (κ1) is 14.1. The van der Waals surface area contributed by atoms with Gasteiger partial charge >= 0.3 is 0 Å². The van der Waals surface area contributed by atoms with Crippen molar-refractivity contribution < 1.29 is 4.39 Å². The first-order valence-corrected chi connectivity index (χ1v) is 7.32. The number of nitrogens with zero attached hydrogens (tertiary/aromatic N) is 2. The fourth-order valence-electron chi connectivity index (χ4n) is 2.79. The van der Waals surface area contributed by atoms with Crippen molar-refractivity contribution >= 4 is 0 Å². The fourth-order valence-corrected chi connectivity index (χ4v) is 2.79. The second-order valence-electron chi connectivity index (χ2n) is 6.12. The van der Waals surface area contributed by atoms with E-state index in [0.717, 1.165) is 42.3 Å². The third kappa shape index (κ3) is 2.56. The summed E-state index contributed by atoms with van der Waals surface area (Å²) in [5, 5.41) is 3.36. The van der Waals surface area contributed by atoms with Crippen LogP contribution in [0, 0.1) is 12.7 Å². The van der Waals surface area contributed by atoms with Crippen LogP contribution in [0.2, 0.25) is 0 Å². The molecule has 1 N–H and O–H groups in total. The first-order valence-electron chi connectivity index (χ1n) is 7.32. The van der Waals surface area contributed by atoms with E-state index < -0.39 is 0 Å². The van der Waals surface area contributed by atoms with Crippen LogP contribution in [0.3, 0.4) is 0 Å². The zero-order valence-electron chi connectivity index (χ0n) is 12.7. The standard InChI is InChI=1S/C17H20FN3/c1-11-14-10-19-9-8-15(14)21-16(20-11)17(2,3)12-4-6-13(18)7-5-12/h4-7,19H,8-10H2,1-3H3. The molecular formula is C17H20FN3. The molecule has 0 radical (unpaired) electrons. The van der Waals surface area contributed by atoms with Gasteiger partial charge in [-0.1, -0.05) is 12.1 Å². The maximum atomic E-state index is 13.1. The third-order valence-electron chi connectivity index (χ3n) is 4.26. The molecule has 2 aromatic rings. The number of aromatic nitrogens is 2. The molecule has 0 aliphatic carbocycles. The molecular weight excluding hydrogens is 265 g/mol. The van der Waals surface area contributed by atoms with Gasteiger partial charge in [0, 0.05) is 36.2 Å². The van der Waals surface area contributed by atoms with Crippen molar-refractivity contribution in [2.75, 3.05) is 6.54 Å². The predicted octanol–water partition coefficient (Wildman–Crippen LogP) is 2.90. The van der Waals surface area contributed by atoms with Crippen LogP contribution in [0.1, 0.15) is 42.2 Å². The van der Waals surface area contributed by atoms with Crippen molar-refractivity contribution in [2.24, 2.45) is 0 Å². The van der Waals surface area contributed by atoms with Crippen molar-refractivity contribution in [3.63, 3.8) is 0 Å². The Morgan fingerprint density at radius 1 is 1.14 bits per heavy atom. The van der Waals surface area contributed by atoms with E-state index in [1.165, 1.54) is 17.7 Å². The molecule has 0 fully saturated rings. The summed E-state index contributed by atoms with van der Waals surface area (Å²) in [7, 11) is 0. The Hall–Kier alpha value is -1.81. The van der Waals surface area contributed by atoms with Gasteiger partial charge in [-0.15, -0.1) is 0 Å². The second kappa shape index (κ2) is 5.19. The molecule has 1 aromatic carbocycles. The van der Waals surface area contributed by atoms with E-state index in [-0.39, 0.29) is 11.2 Å². The Kier molecular flexibility index (Phi) is 3.49. The minimum Gasteiger partial charge on any atom is -0.312 e. The van der Waals surface area contributed by atoms with Crippen LogP contribution in [0.5, 0.6) is 0 Å². The van der Waals surface area contributed by atoms with Gasteiger partial charge in [0.05, 0.1) is 5.69 Å². The van der Waals surface area contributed by atoms with Crippen LogP contribution in [-0.4, -0.2) is 16.5 Å². The summed E-state index contributed by atoms with van der Waals surface area (Å²) < 4.78 is 13.1. The summed E-state index contributed by atoms with van der Waals surface area (Å²) in [6.45, 7) is 8.01. The molecule has 2 heterocycles. The topological polar surface area (TPSA) is 37.8 Å². The number of hydrogen-bond acceptors (Lipinski definition) is 3. The van der Waals surface area contributed by atoms with Gasteiger partial charge in [-0.2, -0.15) is 0 Å². The Balaban J connectivity index is 2.06. The summed E-state index contributed by atoms with van der Waals surface area (Å²) in [4.78, 5) is 9.51. The highest BCUT2D eigenvalue weighted by Crippen LogP contribution is 2.30. The molecule has 0 saturated carbocycles. The number of halogens is 1. The number of benzene rings is 1. The van der Waals surface area contributed by atoms with Crippen LogP contribution in [-0.2, 0) is 18.4 Å². The number of aryl methyl sites for hydroxylation is 1. The number of rotatable bonds is 2. The summed E-state index contributed by atoms with van der Waals surface area (Å²) in [5.41, 5.74) is 4.10. The first-order chi connectivity index (χ1) is 9.98. The maximum Gasteiger partial charge on any atom is 0.138 e. The van der Waals surface area contributed by atoms with E-state index in [0.29, 0.717) is 0 Å². The van der Waals surface area contributed by atoms with Gasteiger partial charge in [-0.3, -0.25) is 0 Å². The highest BCUT2D eigenvalue weighted by atomic mass is 19.1. The average molecular weight is 285 g/mol. The highest BCUT2D eigenvalue weighted by Gasteiger charge is 2.28. The lowest BCUT2D eigenvalue weighted by Crippen LogP contribution is -2.30. The van der Waals surface area contributed by atoms with Crippen LogP contribution < -0.4 is 5.32 Å². The quantitative estimate of drug-likeness (QED) is 0.922. The molecule has 21 heavy (non-hydrogen) atoms.